The fourth-order valence-electron chi connectivity index (χ4n) is 12.8. The van der Waals surface area contributed by atoms with E-state index in [0.717, 1.165) is 105 Å². The molecule has 2 heterocycles. The van der Waals surface area contributed by atoms with Gasteiger partial charge >= 0.3 is 0 Å². The van der Waals surface area contributed by atoms with E-state index in [4.69, 9.17) is 9.47 Å². The second-order valence-electron chi connectivity index (χ2n) is 20.7. The minimum atomic E-state index is -0.626. The van der Waals surface area contributed by atoms with Crippen LogP contribution in [0.15, 0.2) is 200 Å². The molecule has 74 heavy (non-hydrogen) atoms. The summed E-state index contributed by atoms with van der Waals surface area (Å²) in [5.41, 5.74) is 9.11. The first-order chi connectivity index (χ1) is 36.0. The van der Waals surface area contributed by atoms with E-state index < -0.39 is 10.8 Å². The lowest BCUT2D eigenvalue weighted by Gasteiger charge is -2.40. The number of fused-ring (bicyclic) bond motifs is 12. The lowest BCUT2D eigenvalue weighted by Crippen LogP contribution is -2.30. The molecule has 3 aliphatic rings. The maximum atomic E-state index is 10.5. The van der Waals surface area contributed by atoms with Gasteiger partial charge in [-0.05, 0) is 176 Å². The van der Waals surface area contributed by atoms with Crippen LogP contribution in [0.5, 0.6) is 46.0 Å². The second-order valence-corrected chi connectivity index (χ2v) is 20.7. The van der Waals surface area contributed by atoms with Gasteiger partial charge in [0.15, 0.2) is 0 Å². The largest absolute Gasteiger partial charge is 0.508 e. The third-order valence-electron chi connectivity index (χ3n) is 16.4. The molecule has 11 aromatic rings. The molecule has 6 heteroatoms. The molecule has 0 aromatic heterocycles. The Morgan fingerprint density at radius 2 is 0.730 bits per heavy atom. The average molecular weight is 967 g/mol. The van der Waals surface area contributed by atoms with Crippen LogP contribution in [0.25, 0.3) is 54.2 Å². The van der Waals surface area contributed by atoms with Gasteiger partial charge in [-0.3, -0.25) is 0 Å². The van der Waals surface area contributed by atoms with Crippen LogP contribution in [0, 0.1) is 0 Å². The number of benzene rings is 11. The van der Waals surface area contributed by atoms with Gasteiger partial charge in [0.25, 0.3) is 0 Å². The molecule has 0 radical (unpaired) electrons. The Hall–Kier alpha value is -8.74. The van der Waals surface area contributed by atoms with Crippen molar-refractivity contribution >= 4 is 43.1 Å². The summed E-state index contributed by atoms with van der Waals surface area (Å²) in [7, 11) is 0. The topological polar surface area (TPSA) is 99.4 Å². The van der Waals surface area contributed by atoms with Gasteiger partial charge in [-0.2, -0.15) is 0 Å². The number of ether oxygens (including phenoxy) is 2. The van der Waals surface area contributed by atoms with Crippen molar-refractivity contribution in [2.45, 2.75) is 62.7 Å². The predicted molar refractivity (Wildman–Crippen MR) is 298 cm³/mol. The number of aromatic hydroxyl groups is 4. The zero-order chi connectivity index (χ0) is 50.3. The number of phenolic OH excluding ortho intramolecular Hbond substituents is 4. The first-order valence-electron chi connectivity index (χ1n) is 25.7. The van der Waals surface area contributed by atoms with E-state index in [1.165, 1.54) is 43.2 Å². The van der Waals surface area contributed by atoms with Gasteiger partial charge < -0.3 is 29.9 Å². The van der Waals surface area contributed by atoms with Gasteiger partial charge in [0.05, 0.1) is 10.8 Å². The van der Waals surface area contributed by atoms with Crippen LogP contribution in [0.3, 0.4) is 0 Å². The van der Waals surface area contributed by atoms with Crippen molar-refractivity contribution in [1.29, 1.82) is 0 Å². The highest BCUT2D eigenvalue weighted by Crippen LogP contribution is 2.58. The van der Waals surface area contributed by atoms with E-state index >= 15 is 0 Å². The van der Waals surface area contributed by atoms with E-state index in [1.54, 1.807) is 24.3 Å². The molecule has 6 nitrogen and oxygen atoms in total. The summed E-state index contributed by atoms with van der Waals surface area (Å²) in [5.74, 6) is 4.78. The Bertz CT molecular complexity index is 3820. The first kappa shape index (κ1) is 45.1. The highest BCUT2D eigenvalue weighted by Gasteiger charge is 2.44. The van der Waals surface area contributed by atoms with E-state index in [2.05, 4.69) is 74.5 Å². The summed E-state index contributed by atoms with van der Waals surface area (Å²) in [5, 5.41) is 49.4. The third kappa shape index (κ3) is 7.30. The molecule has 1 fully saturated rings. The van der Waals surface area contributed by atoms with Crippen LogP contribution >= 0.6 is 0 Å². The van der Waals surface area contributed by atoms with E-state index in [0.29, 0.717) is 5.92 Å². The van der Waals surface area contributed by atoms with Gasteiger partial charge in [-0.1, -0.05) is 147 Å². The summed E-state index contributed by atoms with van der Waals surface area (Å²) >= 11 is 0. The van der Waals surface area contributed by atoms with Crippen LogP contribution in [0.4, 0.5) is 0 Å². The van der Waals surface area contributed by atoms with Crippen molar-refractivity contribution in [2.24, 2.45) is 0 Å². The number of hydrogen-bond acceptors (Lipinski definition) is 6. The maximum absolute atomic E-state index is 10.5. The zero-order valence-corrected chi connectivity index (χ0v) is 41.3. The summed E-state index contributed by atoms with van der Waals surface area (Å²) in [6.07, 6.45) is 6.54. The number of phenols is 4. The molecule has 0 saturated heterocycles. The maximum Gasteiger partial charge on any atom is 0.132 e. The van der Waals surface area contributed by atoms with Crippen molar-refractivity contribution in [3.8, 4) is 57.1 Å². The van der Waals surface area contributed by atoms with E-state index in [1.807, 2.05) is 115 Å². The third-order valence-corrected chi connectivity index (χ3v) is 16.4. The van der Waals surface area contributed by atoms with Crippen molar-refractivity contribution in [2.75, 3.05) is 0 Å². The normalized spacial score (nSPS) is 15.2. The molecule has 2 aliphatic heterocycles. The zero-order valence-electron chi connectivity index (χ0n) is 41.3. The highest BCUT2D eigenvalue weighted by atomic mass is 16.5. The molecule has 14 rings (SSSR count). The first-order valence-corrected chi connectivity index (χ1v) is 25.7. The Labute approximate surface area is 430 Å². The average Bonchev–Trinajstić information content (AvgIpc) is 3.43. The molecular weight excluding hydrogens is 913 g/mol. The van der Waals surface area contributed by atoms with Crippen molar-refractivity contribution in [3.63, 3.8) is 0 Å². The van der Waals surface area contributed by atoms with Crippen LogP contribution in [-0.4, -0.2) is 20.4 Å². The van der Waals surface area contributed by atoms with Crippen LogP contribution in [0.2, 0.25) is 0 Å². The molecule has 362 valence electrons. The summed E-state index contributed by atoms with van der Waals surface area (Å²) in [6, 6.07) is 66.6. The monoisotopic (exact) mass is 966 g/mol. The minimum absolute atomic E-state index is 0.212. The van der Waals surface area contributed by atoms with Gasteiger partial charge in [0.2, 0.25) is 0 Å². The molecule has 4 N–H and O–H groups in total. The van der Waals surface area contributed by atoms with Gasteiger partial charge in [-0.25, -0.2) is 0 Å². The molecule has 0 amide bonds. The molecule has 0 bridgehead atoms. The second kappa shape index (κ2) is 17.5. The molecular formula is C68H54O6. The Kier molecular flexibility index (Phi) is 10.7. The Balaban J connectivity index is 0.000000143. The molecule has 0 spiro atoms. The fraction of sp³-hybridized carbons (Fsp3) is 0.147. The van der Waals surface area contributed by atoms with Crippen molar-refractivity contribution < 1.29 is 29.9 Å². The van der Waals surface area contributed by atoms with Gasteiger partial charge in [0, 0.05) is 22.3 Å². The Morgan fingerprint density at radius 3 is 1.20 bits per heavy atom. The molecule has 1 aliphatic carbocycles. The van der Waals surface area contributed by atoms with Crippen molar-refractivity contribution in [3.05, 3.63) is 239 Å². The highest BCUT2D eigenvalue weighted by molar-refractivity contribution is 5.99. The molecule has 0 atom stereocenters. The van der Waals surface area contributed by atoms with Crippen molar-refractivity contribution in [1.82, 2.24) is 0 Å². The molecule has 1 saturated carbocycles. The van der Waals surface area contributed by atoms with E-state index in [9.17, 15) is 20.4 Å². The number of rotatable bonds is 4. The lowest BCUT2D eigenvalue weighted by atomic mass is 9.66. The smallest absolute Gasteiger partial charge is 0.132 e. The standard InChI is InChI=1S/C34H24O3.C34H30O3/c1-34(25-13-7-22(8-14-25)21-5-3-2-4-6-21)32-28-19-26(35)15-9-23(28)11-17-30(32)37-31-18-12-24-10-16-27(36)20-29(24)33(31)34;1-34(25-11-7-22(8-12-25)21-5-3-2-4-6-21)32-28-15-13-26(35)19-23(28)9-17-30(32)37-31-18-10-24-20-27(36)14-16-29(24)33(31)34/h2-20,35-36H,1H3;7-21,35-36H,2-6H2,1H3. The van der Waals surface area contributed by atoms with E-state index in [-0.39, 0.29) is 23.0 Å². The predicted octanol–water partition coefficient (Wildman–Crippen LogP) is 17.4. The quantitative estimate of drug-likeness (QED) is 0.140. The minimum Gasteiger partial charge on any atom is -0.508 e. The SMILES string of the molecule is CC1(c2ccc(-c3ccccc3)cc2)c2c(ccc3ccc(O)cc23)Oc2ccc3ccc(O)cc3c21.CC1(c2ccc(C3CCCCC3)cc2)c2c(ccc3cc(O)ccc23)Oc2ccc3cc(O)ccc3c21. The summed E-state index contributed by atoms with van der Waals surface area (Å²) in [4.78, 5) is 0. The lowest BCUT2D eigenvalue weighted by molar-refractivity contribution is 0.431. The number of hydrogen-bond donors (Lipinski definition) is 4. The van der Waals surface area contributed by atoms with Gasteiger partial charge in [-0.15, -0.1) is 0 Å². The molecule has 11 aromatic carbocycles. The van der Waals surface area contributed by atoms with Crippen LogP contribution < -0.4 is 9.47 Å². The Morgan fingerprint density at radius 1 is 0.351 bits per heavy atom. The van der Waals surface area contributed by atoms with Crippen LogP contribution in [-0.2, 0) is 10.8 Å². The molecule has 0 unspecified atom stereocenters. The van der Waals surface area contributed by atoms with Gasteiger partial charge in [0.1, 0.15) is 46.0 Å². The van der Waals surface area contributed by atoms with Crippen LogP contribution in [0.1, 0.15) is 90.8 Å². The summed E-state index contributed by atoms with van der Waals surface area (Å²) < 4.78 is 13.1. The fourth-order valence-corrected chi connectivity index (χ4v) is 12.8. The summed E-state index contributed by atoms with van der Waals surface area (Å²) in [6.45, 7) is 4.51.